The lowest BCUT2D eigenvalue weighted by molar-refractivity contribution is 0.0678. The molecular formula is C23H23N7O2. The second-order valence-electron chi connectivity index (χ2n) is 8.04. The van der Waals surface area contributed by atoms with Crippen molar-refractivity contribution >= 4 is 11.7 Å². The molecular weight excluding hydrogens is 406 g/mol. The summed E-state index contributed by atoms with van der Waals surface area (Å²) >= 11 is 0. The number of nitriles is 1. The van der Waals surface area contributed by atoms with E-state index in [2.05, 4.69) is 26.2 Å². The first kappa shape index (κ1) is 20.0. The van der Waals surface area contributed by atoms with Gasteiger partial charge in [0.1, 0.15) is 23.2 Å². The van der Waals surface area contributed by atoms with Crippen LogP contribution in [0.1, 0.15) is 28.8 Å². The molecule has 2 atom stereocenters. The van der Waals surface area contributed by atoms with Crippen molar-refractivity contribution in [3.63, 3.8) is 0 Å². The van der Waals surface area contributed by atoms with Gasteiger partial charge in [-0.1, -0.05) is 12.1 Å². The van der Waals surface area contributed by atoms with Crippen LogP contribution >= 0.6 is 0 Å². The number of hydrogen-bond donors (Lipinski definition) is 0. The number of fused-ring (bicyclic) bond motifs is 1. The van der Waals surface area contributed by atoms with Crippen LogP contribution in [0, 0.1) is 17.2 Å². The van der Waals surface area contributed by atoms with Gasteiger partial charge in [-0.15, -0.1) is 0 Å². The predicted octanol–water partition coefficient (Wildman–Crippen LogP) is 2.28. The number of benzene rings is 1. The van der Waals surface area contributed by atoms with Gasteiger partial charge in [-0.05, 0) is 30.9 Å². The van der Waals surface area contributed by atoms with Crippen molar-refractivity contribution < 1.29 is 9.53 Å². The molecule has 4 heterocycles. The number of pyridine rings is 1. The Morgan fingerprint density at radius 3 is 2.75 bits per heavy atom. The summed E-state index contributed by atoms with van der Waals surface area (Å²) in [6.07, 6.45) is 6.76. The minimum absolute atomic E-state index is 0.0198. The van der Waals surface area contributed by atoms with Crippen LogP contribution in [0.3, 0.4) is 0 Å². The van der Waals surface area contributed by atoms with Crippen molar-refractivity contribution in [2.75, 3.05) is 31.6 Å². The fourth-order valence-corrected chi connectivity index (χ4v) is 4.79. The average molecular weight is 429 g/mol. The molecule has 1 aromatic carbocycles. The number of nitrogens with zero attached hydrogens (tertiary/aromatic N) is 7. The molecule has 0 radical (unpaired) electrons. The third-order valence-electron chi connectivity index (χ3n) is 6.40. The molecule has 9 heteroatoms. The van der Waals surface area contributed by atoms with E-state index < -0.39 is 0 Å². The number of carbonyl (C=O) groups excluding carboxylic acids is 1. The predicted molar refractivity (Wildman–Crippen MR) is 117 cm³/mol. The molecule has 0 bridgehead atoms. The zero-order chi connectivity index (χ0) is 22.1. The summed E-state index contributed by atoms with van der Waals surface area (Å²) in [4.78, 5) is 23.7. The fourth-order valence-electron chi connectivity index (χ4n) is 4.79. The van der Waals surface area contributed by atoms with Crippen LogP contribution in [0.2, 0.25) is 0 Å². The molecule has 2 aromatic heterocycles. The Bertz CT molecular complexity index is 1170. The Labute approximate surface area is 185 Å². The van der Waals surface area contributed by atoms with Gasteiger partial charge in [0, 0.05) is 25.7 Å². The van der Waals surface area contributed by atoms with Gasteiger partial charge in [0.15, 0.2) is 0 Å². The summed E-state index contributed by atoms with van der Waals surface area (Å²) in [5, 5.41) is 17.6. The summed E-state index contributed by atoms with van der Waals surface area (Å²) < 4.78 is 5.37. The number of hydrogen-bond acceptors (Lipinski definition) is 7. The van der Waals surface area contributed by atoms with Gasteiger partial charge < -0.3 is 14.5 Å². The average Bonchev–Trinajstić information content (AvgIpc) is 3.53. The monoisotopic (exact) mass is 429 g/mol. The maximum Gasteiger partial charge on any atom is 0.256 e. The molecule has 3 aromatic rings. The first-order chi connectivity index (χ1) is 15.7. The van der Waals surface area contributed by atoms with Crippen LogP contribution in [-0.4, -0.2) is 63.6 Å². The highest BCUT2D eigenvalue weighted by Gasteiger charge is 2.40. The highest BCUT2D eigenvalue weighted by molar-refractivity contribution is 5.97. The van der Waals surface area contributed by atoms with Crippen LogP contribution < -0.4 is 9.64 Å². The Kier molecular flexibility index (Phi) is 5.19. The number of methoxy groups -OCH3 is 1. The van der Waals surface area contributed by atoms with E-state index in [-0.39, 0.29) is 11.9 Å². The van der Waals surface area contributed by atoms with Crippen molar-refractivity contribution in [2.24, 2.45) is 5.92 Å². The van der Waals surface area contributed by atoms with Crippen LogP contribution in [-0.2, 0) is 0 Å². The van der Waals surface area contributed by atoms with E-state index in [9.17, 15) is 10.1 Å². The van der Waals surface area contributed by atoms with Gasteiger partial charge in [-0.2, -0.15) is 20.3 Å². The van der Waals surface area contributed by atoms with Crippen molar-refractivity contribution in [1.82, 2.24) is 24.9 Å². The van der Waals surface area contributed by atoms with Crippen molar-refractivity contribution in [3.8, 4) is 17.5 Å². The van der Waals surface area contributed by atoms with E-state index in [0.29, 0.717) is 35.0 Å². The zero-order valence-electron chi connectivity index (χ0n) is 17.8. The Balaban J connectivity index is 1.40. The van der Waals surface area contributed by atoms with Crippen LogP contribution in [0.4, 0.5) is 5.82 Å². The molecule has 9 nitrogen and oxygen atoms in total. The van der Waals surface area contributed by atoms with Gasteiger partial charge in [-0.25, -0.2) is 4.98 Å². The van der Waals surface area contributed by atoms with Crippen LogP contribution in [0.25, 0.3) is 5.69 Å². The number of likely N-dealkylation sites (tertiary alicyclic amines) is 1. The third-order valence-corrected chi connectivity index (χ3v) is 6.40. The van der Waals surface area contributed by atoms with E-state index >= 15 is 0 Å². The summed E-state index contributed by atoms with van der Waals surface area (Å²) in [7, 11) is 1.56. The molecule has 2 fully saturated rings. The van der Waals surface area contributed by atoms with Crippen molar-refractivity contribution in [2.45, 2.75) is 18.9 Å². The first-order valence-corrected chi connectivity index (χ1v) is 10.7. The second-order valence-corrected chi connectivity index (χ2v) is 8.04. The summed E-state index contributed by atoms with van der Waals surface area (Å²) in [6, 6.07) is 11.5. The molecule has 162 valence electrons. The van der Waals surface area contributed by atoms with Gasteiger partial charge in [0.05, 0.1) is 43.0 Å². The lowest BCUT2D eigenvalue weighted by atomic mass is 9.91. The molecule has 5 rings (SSSR count). The largest absolute Gasteiger partial charge is 0.495 e. The van der Waals surface area contributed by atoms with Gasteiger partial charge in [0.2, 0.25) is 0 Å². The fraction of sp³-hybridized carbons (Fsp3) is 0.348. The van der Waals surface area contributed by atoms with Gasteiger partial charge >= 0.3 is 0 Å². The minimum Gasteiger partial charge on any atom is -0.495 e. The molecule has 2 aliphatic heterocycles. The van der Waals surface area contributed by atoms with Gasteiger partial charge in [-0.3, -0.25) is 4.79 Å². The lowest BCUT2D eigenvalue weighted by Gasteiger charge is -2.39. The number of ether oxygens (including phenoxy) is 1. The number of anilines is 1. The SMILES string of the molecule is COc1cc(N2CC[C@@H]3CCN(C(=O)c4ccccc4-n4nccn4)C[C@@H]32)ncc1C#N. The molecule has 0 aliphatic carbocycles. The number of rotatable bonds is 4. The number of para-hydroxylation sites is 1. The van der Waals surface area contributed by atoms with Crippen LogP contribution in [0.15, 0.2) is 48.9 Å². The van der Waals surface area contributed by atoms with Crippen LogP contribution in [0.5, 0.6) is 5.75 Å². The number of amides is 1. The molecule has 2 saturated heterocycles. The summed E-state index contributed by atoms with van der Waals surface area (Å²) in [5.41, 5.74) is 1.67. The molecule has 0 saturated carbocycles. The highest BCUT2D eigenvalue weighted by Crippen LogP contribution is 2.36. The van der Waals surface area contributed by atoms with E-state index in [0.717, 1.165) is 31.7 Å². The van der Waals surface area contributed by atoms with E-state index in [4.69, 9.17) is 4.74 Å². The summed E-state index contributed by atoms with van der Waals surface area (Å²) in [5.74, 6) is 1.79. The first-order valence-electron chi connectivity index (χ1n) is 10.7. The maximum atomic E-state index is 13.5. The second kappa shape index (κ2) is 8.30. The molecule has 0 spiro atoms. The van der Waals surface area contributed by atoms with E-state index in [1.54, 1.807) is 25.7 Å². The molecule has 1 amide bonds. The maximum absolute atomic E-state index is 13.5. The number of piperidine rings is 1. The highest BCUT2D eigenvalue weighted by atomic mass is 16.5. The van der Waals surface area contributed by atoms with E-state index in [1.807, 2.05) is 35.2 Å². The molecule has 2 aliphatic rings. The van der Waals surface area contributed by atoms with Gasteiger partial charge in [0.25, 0.3) is 5.91 Å². The smallest absolute Gasteiger partial charge is 0.256 e. The third kappa shape index (κ3) is 3.43. The minimum atomic E-state index is -0.0198. The lowest BCUT2D eigenvalue weighted by Crippen LogP contribution is -2.50. The molecule has 32 heavy (non-hydrogen) atoms. The summed E-state index contributed by atoms with van der Waals surface area (Å²) in [6.45, 7) is 2.21. The standard InChI is InChI=1S/C23H23N7O2/c1-32-21-12-22(25-14-17(21)13-24)29-11-7-16-6-10-28(15-20(16)29)23(31)18-4-2-3-5-19(18)30-26-8-9-27-30/h2-5,8-9,12,14,16,20H,6-7,10-11,15H2,1H3/t16-,20-/m0/s1. The van der Waals surface area contributed by atoms with Crippen molar-refractivity contribution in [1.29, 1.82) is 5.26 Å². The van der Waals surface area contributed by atoms with E-state index in [1.165, 1.54) is 4.80 Å². The molecule has 0 N–H and O–H groups in total. The normalized spacial score (nSPS) is 20.0. The van der Waals surface area contributed by atoms with Crippen molar-refractivity contribution in [3.05, 3.63) is 60.0 Å². The topological polar surface area (TPSA) is 100 Å². The molecule has 0 unspecified atom stereocenters. The Hall–Kier alpha value is -3.93. The Morgan fingerprint density at radius 2 is 1.97 bits per heavy atom. The quantitative estimate of drug-likeness (QED) is 0.627. The Morgan fingerprint density at radius 1 is 1.19 bits per heavy atom. The number of aromatic nitrogens is 4. The zero-order valence-corrected chi connectivity index (χ0v) is 17.8. The number of carbonyl (C=O) groups is 1.